The zero-order valence-corrected chi connectivity index (χ0v) is 22.0. The van der Waals surface area contributed by atoms with Crippen molar-refractivity contribution in [3.63, 3.8) is 0 Å². The lowest BCUT2D eigenvalue weighted by atomic mass is 10.0. The van der Waals surface area contributed by atoms with Gasteiger partial charge in [0, 0.05) is 55.9 Å². The number of hydrogen-bond donors (Lipinski definition) is 0. The van der Waals surface area contributed by atoms with E-state index in [0.717, 1.165) is 72.2 Å². The van der Waals surface area contributed by atoms with E-state index in [2.05, 4.69) is 67.9 Å². The van der Waals surface area contributed by atoms with Gasteiger partial charge in [-0.2, -0.15) is 4.99 Å². The molecule has 9 heteroatoms. The fraction of sp³-hybridized carbons (Fsp3) is 0.357. The van der Waals surface area contributed by atoms with E-state index in [1.807, 2.05) is 18.2 Å². The highest BCUT2D eigenvalue weighted by Gasteiger charge is 2.27. The standard InChI is InChI=1S/C28H30N6O2S/c1-19-15-21(4-6-24(19)33-9-7-32(2)8-10-33)26-22-16-20(3-5-23(22)29-18-30-26)17-25-27(35)31-28(37-25)34-11-13-36-14-12-34/h3-6,15-18H,7-14H2,1-2H3/b25-17-. The number of thioether (sulfide) groups is 1. The number of morpholine rings is 1. The molecular weight excluding hydrogens is 484 g/mol. The van der Waals surface area contributed by atoms with Crippen molar-refractivity contribution in [1.82, 2.24) is 19.8 Å². The molecule has 3 aliphatic heterocycles. The summed E-state index contributed by atoms with van der Waals surface area (Å²) >= 11 is 1.44. The first-order valence-electron chi connectivity index (χ1n) is 12.7. The van der Waals surface area contributed by atoms with Crippen molar-refractivity contribution in [3.05, 3.63) is 58.8 Å². The Hall–Kier alpha value is -3.27. The molecule has 37 heavy (non-hydrogen) atoms. The van der Waals surface area contributed by atoms with Crippen LogP contribution in [0.1, 0.15) is 11.1 Å². The number of rotatable bonds is 3. The summed E-state index contributed by atoms with van der Waals surface area (Å²) in [6, 6.07) is 12.7. The topological polar surface area (TPSA) is 74.2 Å². The van der Waals surface area contributed by atoms with E-state index in [-0.39, 0.29) is 5.91 Å². The summed E-state index contributed by atoms with van der Waals surface area (Å²) in [5, 5.41) is 1.73. The molecule has 0 bridgehead atoms. The molecule has 3 aliphatic rings. The lowest BCUT2D eigenvalue weighted by molar-refractivity contribution is -0.113. The highest BCUT2D eigenvalue weighted by molar-refractivity contribution is 8.18. The average Bonchev–Trinajstić information content (AvgIpc) is 3.29. The zero-order valence-electron chi connectivity index (χ0n) is 21.2. The summed E-state index contributed by atoms with van der Waals surface area (Å²) in [7, 11) is 2.18. The second-order valence-corrected chi connectivity index (χ2v) is 10.7. The van der Waals surface area contributed by atoms with Gasteiger partial charge in [0.2, 0.25) is 0 Å². The maximum Gasteiger partial charge on any atom is 0.286 e. The monoisotopic (exact) mass is 514 g/mol. The molecule has 0 atom stereocenters. The Labute approximate surface area is 221 Å². The van der Waals surface area contributed by atoms with Gasteiger partial charge in [-0.25, -0.2) is 9.97 Å². The third kappa shape index (κ3) is 4.99. The van der Waals surface area contributed by atoms with Gasteiger partial charge in [0.25, 0.3) is 5.91 Å². The van der Waals surface area contributed by atoms with Gasteiger partial charge in [0.15, 0.2) is 5.17 Å². The Balaban J connectivity index is 1.28. The lowest BCUT2D eigenvalue weighted by Crippen LogP contribution is -2.44. The molecule has 2 fully saturated rings. The molecule has 8 nitrogen and oxygen atoms in total. The number of likely N-dealkylation sites (N-methyl/N-ethyl adjacent to an activating group) is 1. The molecule has 0 N–H and O–H groups in total. The summed E-state index contributed by atoms with van der Waals surface area (Å²) in [5.74, 6) is -0.189. The third-order valence-corrected chi connectivity index (χ3v) is 8.21. The molecule has 1 aromatic heterocycles. The zero-order chi connectivity index (χ0) is 25.4. The summed E-state index contributed by atoms with van der Waals surface area (Å²) in [6.45, 7) is 9.26. The van der Waals surface area contributed by atoms with E-state index in [4.69, 9.17) is 4.74 Å². The summed E-state index contributed by atoms with van der Waals surface area (Å²) in [6.07, 6.45) is 3.54. The minimum Gasteiger partial charge on any atom is -0.378 e. The number of anilines is 1. The van der Waals surface area contributed by atoms with E-state index >= 15 is 0 Å². The first kappa shape index (κ1) is 24.1. The maximum absolute atomic E-state index is 12.6. The van der Waals surface area contributed by atoms with Gasteiger partial charge in [-0.05, 0) is 67.2 Å². The minimum absolute atomic E-state index is 0.189. The molecule has 4 heterocycles. The van der Waals surface area contributed by atoms with Crippen LogP contribution in [-0.2, 0) is 9.53 Å². The molecule has 2 saturated heterocycles. The van der Waals surface area contributed by atoms with Crippen LogP contribution in [0.4, 0.5) is 5.69 Å². The first-order valence-corrected chi connectivity index (χ1v) is 13.5. The Bertz CT molecular complexity index is 1410. The number of aromatic nitrogens is 2. The van der Waals surface area contributed by atoms with Gasteiger partial charge >= 0.3 is 0 Å². The summed E-state index contributed by atoms with van der Waals surface area (Å²) < 4.78 is 5.42. The van der Waals surface area contributed by atoms with Crippen molar-refractivity contribution in [3.8, 4) is 11.3 Å². The van der Waals surface area contributed by atoms with E-state index < -0.39 is 0 Å². The fourth-order valence-electron chi connectivity index (χ4n) is 5.04. The summed E-state index contributed by atoms with van der Waals surface area (Å²) in [4.78, 5) is 33.7. The van der Waals surface area contributed by atoms with Gasteiger partial charge in [-0.15, -0.1) is 0 Å². The van der Waals surface area contributed by atoms with Crippen molar-refractivity contribution in [2.24, 2.45) is 4.99 Å². The van der Waals surface area contributed by atoms with Gasteiger partial charge in [0.05, 0.1) is 29.3 Å². The highest BCUT2D eigenvalue weighted by Crippen LogP contribution is 2.33. The van der Waals surface area contributed by atoms with E-state index in [0.29, 0.717) is 18.1 Å². The van der Waals surface area contributed by atoms with Crippen LogP contribution in [0.15, 0.2) is 52.6 Å². The lowest BCUT2D eigenvalue weighted by Gasteiger charge is -2.35. The first-order chi connectivity index (χ1) is 18.0. The molecule has 0 saturated carbocycles. The minimum atomic E-state index is -0.189. The number of carbonyl (C=O) groups excluding carboxylic acids is 1. The second-order valence-electron chi connectivity index (χ2n) is 9.70. The number of piperazine rings is 1. The van der Waals surface area contributed by atoms with Gasteiger partial charge in [0.1, 0.15) is 6.33 Å². The van der Waals surface area contributed by atoms with Crippen LogP contribution < -0.4 is 4.90 Å². The molecule has 2 aromatic carbocycles. The smallest absolute Gasteiger partial charge is 0.286 e. The number of fused-ring (bicyclic) bond motifs is 1. The van der Waals surface area contributed by atoms with Crippen LogP contribution in [0.2, 0.25) is 0 Å². The molecule has 0 spiro atoms. The van der Waals surface area contributed by atoms with Crippen molar-refractivity contribution in [1.29, 1.82) is 0 Å². The number of amidine groups is 1. The van der Waals surface area contributed by atoms with Crippen LogP contribution in [0.5, 0.6) is 0 Å². The van der Waals surface area contributed by atoms with Crippen LogP contribution in [-0.4, -0.2) is 90.4 Å². The SMILES string of the molecule is Cc1cc(-c2ncnc3ccc(/C=C4\SC(N5CCOCC5)=NC4=O)cc23)ccc1N1CCN(C)CC1. The van der Waals surface area contributed by atoms with Gasteiger partial charge < -0.3 is 19.4 Å². The molecular formula is C28H30N6O2S. The predicted octanol–water partition coefficient (Wildman–Crippen LogP) is 3.66. The molecule has 0 radical (unpaired) electrons. The van der Waals surface area contributed by atoms with Crippen LogP contribution >= 0.6 is 11.8 Å². The fourth-order valence-corrected chi connectivity index (χ4v) is 6.00. The van der Waals surface area contributed by atoms with Crippen molar-refractivity contribution in [2.75, 3.05) is 64.4 Å². The molecule has 6 rings (SSSR count). The summed E-state index contributed by atoms with van der Waals surface area (Å²) in [5.41, 5.74) is 6.30. The van der Waals surface area contributed by atoms with Crippen LogP contribution in [0, 0.1) is 6.92 Å². The molecule has 190 valence electrons. The Morgan fingerprint density at radius 1 is 0.946 bits per heavy atom. The van der Waals surface area contributed by atoms with Gasteiger partial charge in [-0.1, -0.05) is 12.1 Å². The average molecular weight is 515 g/mol. The quantitative estimate of drug-likeness (QED) is 0.491. The number of benzene rings is 2. The van der Waals surface area contributed by atoms with E-state index in [9.17, 15) is 4.79 Å². The molecule has 1 amide bonds. The number of aryl methyl sites for hydroxylation is 1. The number of ether oxygens (including phenoxy) is 1. The Morgan fingerprint density at radius 3 is 2.54 bits per heavy atom. The Morgan fingerprint density at radius 2 is 1.76 bits per heavy atom. The molecule has 0 aliphatic carbocycles. The van der Waals surface area contributed by atoms with E-state index in [1.54, 1.807) is 6.33 Å². The normalized spacial score (nSPS) is 20.2. The third-order valence-electron chi connectivity index (χ3n) is 7.16. The molecule has 0 unspecified atom stereocenters. The maximum atomic E-state index is 12.6. The second kappa shape index (κ2) is 10.2. The van der Waals surface area contributed by atoms with Crippen molar-refractivity contribution < 1.29 is 9.53 Å². The molecule has 3 aromatic rings. The number of hydrogen-bond acceptors (Lipinski definition) is 8. The number of carbonyl (C=O) groups is 1. The predicted molar refractivity (Wildman–Crippen MR) is 150 cm³/mol. The van der Waals surface area contributed by atoms with Crippen LogP contribution in [0.25, 0.3) is 28.2 Å². The van der Waals surface area contributed by atoms with E-state index in [1.165, 1.54) is 23.0 Å². The Kier molecular flexibility index (Phi) is 6.67. The number of amides is 1. The van der Waals surface area contributed by atoms with Crippen molar-refractivity contribution in [2.45, 2.75) is 6.92 Å². The highest BCUT2D eigenvalue weighted by atomic mass is 32.2. The van der Waals surface area contributed by atoms with Crippen molar-refractivity contribution >= 4 is 45.5 Å². The number of aliphatic imine (C=N–C) groups is 1. The largest absolute Gasteiger partial charge is 0.378 e. The van der Waals surface area contributed by atoms with Gasteiger partial charge in [-0.3, -0.25) is 4.79 Å². The number of nitrogens with zero attached hydrogens (tertiary/aromatic N) is 6. The van der Waals surface area contributed by atoms with Crippen LogP contribution in [0.3, 0.4) is 0 Å².